The van der Waals surface area contributed by atoms with Gasteiger partial charge in [-0.25, -0.2) is 0 Å². The van der Waals surface area contributed by atoms with Crippen molar-refractivity contribution >= 4 is 0 Å². The van der Waals surface area contributed by atoms with Crippen LogP contribution >= 0.6 is 0 Å². The molecule has 2 atom stereocenters. The van der Waals surface area contributed by atoms with Crippen LogP contribution in [-0.4, -0.2) is 34.5 Å². The van der Waals surface area contributed by atoms with Crippen molar-refractivity contribution in [1.82, 2.24) is 0 Å². The maximum absolute atomic E-state index is 9.51. The summed E-state index contributed by atoms with van der Waals surface area (Å²) >= 11 is 0. The topological polar surface area (TPSA) is 113 Å². The fraction of sp³-hybridized carbons (Fsp3) is 0.875. The molecule has 0 radical (unpaired) electrons. The van der Waals surface area contributed by atoms with Gasteiger partial charge in [-0.15, -0.1) is 0 Å². The minimum atomic E-state index is -1.31. The van der Waals surface area contributed by atoms with E-state index < -0.39 is 24.3 Å². The van der Waals surface area contributed by atoms with E-state index in [9.17, 15) is 20.7 Å². The van der Waals surface area contributed by atoms with Crippen LogP contribution < -0.4 is 0 Å². The fourth-order valence-electron chi connectivity index (χ4n) is 2.07. The lowest BCUT2D eigenvalue weighted by Crippen LogP contribution is -2.33. The zero-order valence-electron chi connectivity index (χ0n) is 13.8. The summed E-state index contributed by atoms with van der Waals surface area (Å²) in [6.07, 6.45) is 6.21. The Morgan fingerprint density at radius 2 is 1.14 bits per heavy atom. The van der Waals surface area contributed by atoms with Gasteiger partial charge in [-0.05, 0) is 25.7 Å². The molecule has 0 spiro atoms. The van der Waals surface area contributed by atoms with E-state index in [1.165, 1.54) is 0 Å². The summed E-state index contributed by atoms with van der Waals surface area (Å²) in [7, 11) is 0. The highest BCUT2D eigenvalue weighted by Crippen LogP contribution is 2.25. The molecule has 0 aromatic carbocycles. The highest BCUT2D eigenvalue weighted by Gasteiger charge is 2.33. The van der Waals surface area contributed by atoms with Crippen LogP contribution in [-0.2, 0) is 0 Å². The van der Waals surface area contributed by atoms with Crippen molar-refractivity contribution in [2.24, 2.45) is 10.2 Å². The Labute approximate surface area is 133 Å². The molecule has 6 heteroatoms. The average molecular weight is 308 g/mol. The van der Waals surface area contributed by atoms with Crippen LogP contribution in [0.3, 0.4) is 0 Å². The van der Waals surface area contributed by atoms with E-state index in [2.05, 4.69) is 24.1 Å². The molecule has 0 saturated carbocycles. The van der Waals surface area contributed by atoms with Crippen LogP contribution in [0.15, 0.2) is 10.2 Å². The van der Waals surface area contributed by atoms with Gasteiger partial charge < -0.3 is 10.2 Å². The van der Waals surface area contributed by atoms with Crippen molar-refractivity contribution in [2.75, 3.05) is 13.2 Å². The van der Waals surface area contributed by atoms with E-state index in [-0.39, 0.29) is 0 Å². The summed E-state index contributed by atoms with van der Waals surface area (Å²) in [4.78, 5) is 0. The van der Waals surface area contributed by atoms with Gasteiger partial charge in [0, 0.05) is 0 Å². The third kappa shape index (κ3) is 6.51. The number of nitrogens with zero attached hydrogens (tertiary/aromatic N) is 4. The molecule has 0 fully saturated rings. The second kappa shape index (κ2) is 11.1. The summed E-state index contributed by atoms with van der Waals surface area (Å²) in [5, 5.41) is 45.6. The molecule has 0 aliphatic rings. The Morgan fingerprint density at radius 3 is 1.36 bits per heavy atom. The largest absolute Gasteiger partial charge is 0.393 e. The van der Waals surface area contributed by atoms with Crippen molar-refractivity contribution in [1.29, 1.82) is 10.5 Å². The average Bonchev–Trinajstić information content (AvgIpc) is 2.57. The van der Waals surface area contributed by atoms with Gasteiger partial charge in [-0.2, -0.15) is 20.8 Å². The third-order valence-electron chi connectivity index (χ3n) is 3.76. The Balaban J connectivity index is 5.07. The smallest absolute Gasteiger partial charge is 0.190 e. The number of aliphatic hydroxyl groups excluding tert-OH is 2. The predicted molar refractivity (Wildman–Crippen MR) is 84.0 cm³/mol. The van der Waals surface area contributed by atoms with Gasteiger partial charge >= 0.3 is 0 Å². The molecule has 0 heterocycles. The molecule has 2 N–H and O–H groups in total. The minimum absolute atomic E-state index is 0.402. The van der Waals surface area contributed by atoms with Gasteiger partial charge in [-0.1, -0.05) is 39.5 Å². The van der Waals surface area contributed by atoms with Crippen molar-refractivity contribution < 1.29 is 10.2 Å². The maximum atomic E-state index is 9.51. The number of aliphatic hydroxyl groups is 2. The third-order valence-corrected chi connectivity index (χ3v) is 3.76. The number of azo groups is 1. The van der Waals surface area contributed by atoms with Gasteiger partial charge in [0.05, 0.1) is 25.4 Å². The molecule has 0 aromatic heterocycles. The Hall–Kier alpha value is -1.50. The summed E-state index contributed by atoms with van der Waals surface area (Å²) in [6, 6.07) is 4.02. The molecule has 0 saturated heterocycles. The second-order valence-electron chi connectivity index (χ2n) is 5.72. The van der Waals surface area contributed by atoms with Crippen LogP contribution in [0.5, 0.6) is 0 Å². The first kappa shape index (κ1) is 20.5. The molecule has 0 aromatic rings. The summed E-state index contributed by atoms with van der Waals surface area (Å²) < 4.78 is 0. The lowest BCUT2D eigenvalue weighted by molar-refractivity contribution is 0.193. The number of nitriles is 2. The summed E-state index contributed by atoms with van der Waals surface area (Å²) in [6.45, 7) is 3.24. The number of unbranched alkanes of at least 4 members (excludes halogenated alkanes) is 4. The van der Waals surface area contributed by atoms with E-state index in [4.69, 9.17) is 0 Å². The maximum Gasteiger partial charge on any atom is 0.190 e. The Morgan fingerprint density at radius 1 is 0.773 bits per heavy atom. The number of rotatable bonds is 12. The normalized spacial score (nSPS) is 16.6. The Kier molecular flexibility index (Phi) is 10.4. The van der Waals surface area contributed by atoms with E-state index in [0.717, 1.165) is 38.5 Å². The molecular weight excluding hydrogens is 280 g/mol. The fourth-order valence-corrected chi connectivity index (χ4v) is 2.07. The Bertz CT molecular complexity index is 375. The lowest BCUT2D eigenvalue weighted by atomic mass is 9.94. The first-order valence-corrected chi connectivity index (χ1v) is 8.06. The van der Waals surface area contributed by atoms with Gasteiger partial charge in [0.2, 0.25) is 0 Å². The molecule has 0 aliphatic heterocycles. The van der Waals surface area contributed by atoms with Crippen molar-refractivity contribution in [3.05, 3.63) is 0 Å². The number of hydrogen-bond acceptors (Lipinski definition) is 6. The summed E-state index contributed by atoms with van der Waals surface area (Å²) in [5.41, 5.74) is -2.62. The van der Waals surface area contributed by atoms with E-state index in [0.29, 0.717) is 12.8 Å². The van der Waals surface area contributed by atoms with Crippen LogP contribution in [0.1, 0.15) is 65.2 Å². The van der Waals surface area contributed by atoms with Crippen LogP contribution in [0.25, 0.3) is 0 Å². The van der Waals surface area contributed by atoms with Gasteiger partial charge in [0.25, 0.3) is 0 Å². The standard InChI is InChI=1S/C16H28N4O2/c1-3-5-7-9-15(11-17,13-21)19-20-16(12-18,14-22)10-8-6-4-2/h21-22H,3-10,13-14H2,1-2H3. The zero-order valence-corrected chi connectivity index (χ0v) is 13.8. The first-order valence-electron chi connectivity index (χ1n) is 8.06. The van der Waals surface area contributed by atoms with Gasteiger partial charge in [0.15, 0.2) is 11.1 Å². The summed E-state index contributed by atoms with van der Waals surface area (Å²) in [5.74, 6) is 0. The lowest BCUT2D eigenvalue weighted by Gasteiger charge is -2.22. The first-order chi connectivity index (χ1) is 10.6. The number of hydrogen-bond donors (Lipinski definition) is 2. The highest BCUT2D eigenvalue weighted by atomic mass is 16.3. The van der Waals surface area contributed by atoms with Crippen LogP contribution in [0.4, 0.5) is 0 Å². The van der Waals surface area contributed by atoms with E-state index in [1.54, 1.807) is 0 Å². The van der Waals surface area contributed by atoms with Crippen LogP contribution in [0.2, 0.25) is 0 Å². The molecule has 6 nitrogen and oxygen atoms in total. The van der Waals surface area contributed by atoms with Crippen molar-refractivity contribution in [3.63, 3.8) is 0 Å². The monoisotopic (exact) mass is 308 g/mol. The van der Waals surface area contributed by atoms with Gasteiger partial charge in [-0.3, -0.25) is 0 Å². The van der Waals surface area contributed by atoms with Crippen molar-refractivity contribution in [3.8, 4) is 12.1 Å². The van der Waals surface area contributed by atoms with E-state index in [1.807, 2.05) is 12.1 Å². The predicted octanol–water partition coefficient (Wildman–Crippen LogP) is 3.11. The van der Waals surface area contributed by atoms with Gasteiger partial charge in [0.1, 0.15) is 0 Å². The molecule has 2 unspecified atom stereocenters. The highest BCUT2D eigenvalue weighted by molar-refractivity contribution is 5.10. The van der Waals surface area contributed by atoms with Crippen molar-refractivity contribution in [2.45, 2.75) is 76.3 Å². The quantitative estimate of drug-likeness (QED) is 0.426. The molecular formula is C16H28N4O2. The van der Waals surface area contributed by atoms with Crippen LogP contribution in [0, 0.1) is 22.7 Å². The van der Waals surface area contributed by atoms with E-state index >= 15 is 0 Å². The SMILES string of the molecule is CCCCCC(C#N)(CO)N=NC(C#N)(CO)CCCCC. The molecule has 0 aliphatic carbocycles. The second-order valence-corrected chi connectivity index (χ2v) is 5.72. The molecule has 0 rings (SSSR count). The molecule has 124 valence electrons. The zero-order chi connectivity index (χ0) is 16.9. The molecule has 0 bridgehead atoms. The molecule has 0 amide bonds. The minimum Gasteiger partial charge on any atom is -0.393 e. The molecule has 22 heavy (non-hydrogen) atoms.